The second-order valence-corrected chi connectivity index (χ2v) is 10.1. The Labute approximate surface area is 208 Å². The number of aromatic nitrogens is 3. The number of morpholine rings is 1. The van der Waals surface area contributed by atoms with Crippen molar-refractivity contribution in [3.63, 3.8) is 0 Å². The van der Waals surface area contributed by atoms with Crippen LogP contribution in [-0.2, 0) is 14.9 Å². The first kappa shape index (κ1) is 23.6. The van der Waals surface area contributed by atoms with Crippen molar-refractivity contribution >= 4 is 29.2 Å². The molecular weight excluding hydrogens is 465 g/mol. The van der Waals surface area contributed by atoms with Crippen LogP contribution in [0.2, 0.25) is 0 Å². The molecule has 3 heterocycles. The molecule has 182 valence electrons. The first-order chi connectivity index (χ1) is 16.9. The Kier molecular flexibility index (Phi) is 6.37. The lowest BCUT2D eigenvalue weighted by Crippen LogP contribution is -2.37. The Balaban J connectivity index is 1.40. The van der Waals surface area contributed by atoms with Crippen molar-refractivity contribution < 1.29 is 13.9 Å². The van der Waals surface area contributed by atoms with Gasteiger partial charge in [0, 0.05) is 43.0 Å². The normalized spacial score (nSPS) is 18.2. The number of likely N-dealkylation sites (N-methyl/N-ethyl adjacent to an activating group) is 1. The highest BCUT2D eigenvalue weighted by atomic mass is 32.2. The molecule has 0 N–H and O–H groups in total. The molecule has 0 amide bonds. The third-order valence-electron chi connectivity index (χ3n) is 6.56. The number of carbonyl (C=O) groups is 1. The fourth-order valence-corrected chi connectivity index (χ4v) is 5.52. The molecule has 2 aliphatic heterocycles. The van der Waals surface area contributed by atoms with Crippen molar-refractivity contribution in [2.24, 2.45) is 0 Å². The van der Waals surface area contributed by atoms with Crippen molar-refractivity contribution in [2.45, 2.75) is 24.4 Å². The summed E-state index contributed by atoms with van der Waals surface area (Å²) in [6.07, 6.45) is 1.73. The summed E-state index contributed by atoms with van der Waals surface area (Å²) in [5.74, 6) is 0.464. The van der Waals surface area contributed by atoms with Gasteiger partial charge in [0.15, 0.2) is 10.9 Å². The maximum Gasteiger partial charge on any atom is 0.232 e. The van der Waals surface area contributed by atoms with E-state index in [9.17, 15) is 9.18 Å². The lowest BCUT2D eigenvalue weighted by Gasteiger charge is -2.27. The molecule has 7 nitrogen and oxygen atoms in total. The number of para-hydroxylation sites is 1. The Morgan fingerprint density at radius 1 is 1.14 bits per heavy atom. The summed E-state index contributed by atoms with van der Waals surface area (Å²) in [6, 6.07) is 14.6. The van der Waals surface area contributed by atoms with Crippen molar-refractivity contribution in [1.82, 2.24) is 14.8 Å². The number of anilines is 2. The second-order valence-electron chi connectivity index (χ2n) is 9.18. The number of fused-ring (bicyclic) bond motifs is 1. The zero-order valence-electron chi connectivity index (χ0n) is 20.1. The number of nitrogens with zero attached hydrogens (tertiary/aromatic N) is 5. The van der Waals surface area contributed by atoms with Crippen molar-refractivity contribution in [3.05, 3.63) is 71.7 Å². The van der Waals surface area contributed by atoms with Crippen LogP contribution >= 0.6 is 11.8 Å². The van der Waals surface area contributed by atoms with E-state index in [1.54, 1.807) is 12.1 Å². The van der Waals surface area contributed by atoms with Crippen LogP contribution < -0.4 is 9.80 Å². The van der Waals surface area contributed by atoms with Gasteiger partial charge in [-0.1, -0.05) is 49.9 Å². The standard InChI is InChI=1S/C26H28FN5O2S/c1-26(2)21-9-4-5-10-22(21)30(3)23(26)16-20(33)17-35-25-29-28-24(31-11-13-34-14-12-31)32(25)19-8-6-7-18(27)15-19/h4-10,15-16H,11-14,17H2,1-3H3. The van der Waals surface area contributed by atoms with Crippen LogP contribution in [0.4, 0.5) is 16.0 Å². The fourth-order valence-electron chi connectivity index (χ4n) is 4.75. The molecule has 2 aliphatic rings. The van der Waals surface area contributed by atoms with Crippen LogP contribution in [0.3, 0.4) is 0 Å². The van der Waals surface area contributed by atoms with E-state index in [0.717, 1.165) is 11.4 Å². The lowest BCUT2D eigenvalue weighted by molar-refractivity contribution is -0.112. The monoisotopic (exact) mass is 493 g/mol. The van der Waals surface area contributed by atoms with Crippen LogP contribution in [0.5, 0.6) is 0 Å². The highest BCUT2D eigenvalue weighted by Crippen LogP contribution is 2.46. The maximum absolute atomic E-state index is 14.1. The fraction of sp³-hybridized carbons (Fsp3) is 0.346. The average molecular weight is 494 g/mol. The molecule has 0 aliphatic carbocycles. The average Bonchev–Trinajstić information content (AvgIpc) is 3.37. The zero-order valence-corrected chi connectivity index (χ0v) is 20.9. The van der Waals surface area contributed by atoms with Gasteiger partial charge in [-0.2, -0.15) is 0 Å². The predicted octanol–water partition coefficient (Wildman–Crippen LogP) is 4.22. The molecule has 1 fully saturated rings. The molecule has 0 saturated carbocycles. The predicted molar refractivity (Wildman–Crippen MR) is 136 cm³/mol. The summed E-state index contributed by atoms with van der Waals surface area (Å²) < 4.78 is 21.4. The van der Waals surface area contributed by atoms with Crippen LogP contribution in [0.15, 0.2) is 65.5 Å². The Hall–Kier alpha value is -3.17. The number of ether oxygens (including phenoxy) is 1. The number of hydrogen-bond donors (Lipinski definition) is 0. The zero-order chi connectivity index (χ0) is 24.6. The van der Waals surface area contributed by atoms with Gasteiger partial charge in [0.1, 0.15) is 5.82 Å². The molecule has 0 atom stereocenters. The molecule has 9 heteroatoms. The number of halogens is 1. The van der Waals surface area contributed by atoms with E-state index >= 15 is 0 Å². The van der Waals surface area contributed by atoms with E-state index in [1.165, 1.54) is 29.5 Å². The second kappa shape index (κ2) is 9.47. The smallest absolute Gasteiger partial charge is 0.232 e. The number of allylic oxidation sites excluding steroid dienone is 2. The molecule has 5 rings (SSSR count). The molecule has 35 heavy (non-hydrogen) atoms. The number of carbonyl (C=O) groups excluding carboxylic acids is 1. The van der Waals surface area contributed by atoms with E-state index in [4.69, 9.17) is 4.74 Å². The van der Waals surface area contributed by atoms with Gasteiger partial charge in [0.2, 0.25) is 5.95 Å². The highest BCUT2D eigenvalue weighted by molar-refractivity contribution is 7.99. The van der Waals surface area contributed by atoms with E-state index in [1.807, 2.05) is 29.8 Å². The minimum absolute atomic E-state index is 0.0144. The molecule has 0 radical (unpaired) electrons. The largest absolute Gasteiger partial charge is 0.378 e. The Morgan fingerprint density at radius 2 is 1.91 bits per heavy atom. The molecule has 3 aromatic rings. The van der Waals surface area contributed by atoms with Gasteiger partial charge >= 0.3 is 0 Å². The minimum atomic E-state index is -0.341. The third-order valence-corrected chi connectivity index (χ3v) is 7.51. The third kappa shape index (κ3) is 4.46. The minimum Gasteiger partial charge on any atom is -0.378 e. The summed E-state index contributed by atoms with van der Waals surface area (Å²) in [5.41, 5.74) is 3.64. The summed E-state index contributed by atoms with van der Waals surface area (Å²) in [6.45, 7) is 6.80. The molecule has 0 spiro atoms. The first-order valence-electron chi connectivity index (χ1n) is 11.6. The van der Waals surface area contributed by atoms with Gasteiger partial charge in [-0.3, -0.25) is 9.36 Å². The molecule has 2 aromatic carbocycles. The van der Waals surface area contributed by atoms with Crippen molar-refractivity contribution in [3.8, 4) is 5.69 Å². The summed E-state index contributed by atoms with van der Waals surface area (Å²) in [5, 5.41) is 9.31. The Bertz CT molecular complexity index is 1280. The van der Waals surface area contributed by atoms with Crippen LogP contribution in [0.25, 0.3) is 5.69 Å². The van der Waals surface area contributed by atoms with Gasteiger partial charge < -0.3 is 14.5 Å². The molecular formula is C26H28FN5O2S. The van der Waals surface area contributed by atoms with Gasteiger partial charge in [-0.05, 0) is 29.8 Å². The van der Waals surface area contributed by atoms with Crippen LogP contribution in [0.1, 0.15) is 19.4 Å². The maximum atomic E-state index is 14.1. The van der Waals surface area contributed by atoms with E-state index in [0.29, 0.717) is 43.1 Å². The van der Waals surface area contributed by atoms with Crippen molar-refractivity contribution in [2.75, 3.05) is 48.9 Å². The Morgan fingerprint density at radius 3 is 2.66 bits per heavy atom. The number of rotatable bonds is 6. The molecule has 1 aromatic heterocycles. The number of benzene rings is 2. The van der Waals surface area contributed by atoms with Crippen LogP contribution in [0, 0.1) is 5.82 Å². The number of hydrogen-bond acceptors (Lipinski definition) is 7. The topological polar surface area (TPSA) is 63.5 Å². The molecule has 0 bridgehead atoms. The van der Waals surface area contributed by atoms with E-state index in [-0.39, 0.29) is 22.8 Å². The summed E-state index contributed by atoms with van der Waals surface area (Å²) >= 11 is 1.31. The quantitative estimate of drug-likeness (QED) is 0.376. The molecule has 0 unspecified atom stereocenters. The summed E-state index contributed by atoms with van der Waals surface area (Å²) in [7, 11) is 2.00. The highest BCUT2D eigenvalue weighted by Gasteiger charge is 2.38. The SMILES string of the molecule is CN1C(=CC(=O)CSc2nnc(N3CCOCC3)n2-c2cccc(F)c2)C(C)(C)c2ccccc21. The first-order valence-corrected chi connectivity index (χ1v) is 12.6. The number of ketones is 1. The molecule has 1 saturated heterocycles. The van der Waals surface area contributed by atoms with Gasteiger partial charge in [0.25, 0.3) is 0 Å². The van der Waals surface area contributed by atoms with E-state index in [2.05, 4.69) is 46.0 Å². The van der Waals surface area contributed by atoms with Gasteiger partial charge in [-0.25, -0.2) is 4.39 Å². The van der Waals surface area contributed by atoms with Gasteiger partial charge in [-0.15, -0.1) is 10.2 Å². The number of thioether (sulfide) groups is 1. The van der Waals surface area contributed by atoms with Crippen LogP contribution in [-0.4, -0.2) is 59.7 Å². The summed E-state index contributed by atoms with van der Waals surface area (Å²) in [4.78, 5) is 17.3. The van der Waals surface area contributed by atoms with E-state index < -0.39 is 0 Å². The van der Waals surface area contributed by atoms with Crippen molar-refractivity contribution in [1.29, 1.82) is 0 Å². The van der Waals surface area contributed by atoms with Gasteiger partial charge in [0.05, 0.1) is 24.7 Å². The lowest BCUT2D eigenvalue weighted by atomic mass is 9.83.